The lowest BCUT2D eigenvalue weighted by molar-refractivity contribution is 0.0717. The molecule has 0 bridgehead atoms. The van der Waals surface area contributed by atoms with E-state index in [-0.39, 0.29) is 5.91 Å². The Balaban J connectivity index is 1.45. The number of fused-ring (bicyclic) bond motifs is 1. The van der Waals surface area contributed by atoms with Gasteiger partial charge in [-0.25, -0.2) is 0 Å². The van der Waals surface area contributed by atoms with Crippen LogP contribution in [0.5, 0.6) is 5.75 Å². The Morgan fingerprint density at radius 1 is 1.00 bits per heavy atom. The highest BCUT2D eigenvalue weighted by atomic mass is 16.5. The molecule has 0 atom stereocenters. The van der Waals surface area contributed by atoms with Crippen LogP contribution in [-0.2, 0) is 0 Å². The van der Waals surface area contributed by atoms with Gasteiger partial charge in [-0.3, -0.25) is 4.79 Å². The van der Waals surface area contributed by atoms with Crippen molar-refractivity contribution >= 4 is 22.6 Å². The fourth-order valence-corrected chi connectivity index (χ4v) is 3.22. The Morgan fingerprint density at radius 2 is 1.80 bits per heavy atom. The number of anilines is 1. The van der Waals surface area contributed by atoms with Gasteiger partial charge in [0, 0.05) is 43.3 Å². The smallest absolute Gasteiger partial charge is 0.289 e. The summed E-state index contributed by atoms with van der Waals surface area (Å²) in [5, 5.41) is 0.959. The Hall–Kier alpha value is -2.95. The number of benzene rings is 2. The number of ether oxygens (including phenoxy) is 1. The molecule has 2 heterocycles. The zero-order valence-corrected chi connectivity index (χ0v) is 14.1. The number of carbonyl (C=O) groups excluding carboxylic acids is 1. The summed E-state index contributed by atoms with van der Waals surface area (Å²) in [6.07, 6.45) is 0. The topological polar surface area (TPSA) is 45.9 Å². The van der Waals surface area contributed by atoms with Crippen LogP contribution in [0.1, 0.15) is 10.6 Å². The van der Waals surface area contributed by atoms with Crippen molar-refractivity contribution in [3.8, 4) is 5.75 Å². The van der Waals surface area contributed by atoms with Gasteiger partial charge in [0.15, 0.2) is 5.76 Å². The number of hydrogen-bond donors (Lipinski definition) is 0. The average molecular weight is 336 g/mol. The van der Waals surface area contributed by atoms with Gasteiger partial charge in [-0.05, 0) is 24.3 Å². The van der Waals surface area contributed by atoms with Crippen LogP contribution < -0.4 is 9.64 Å². The van der Waals surface area contributed by atoms with E-state index in [0.29, 0.717) is 18.8 Å². The summed E-state index contributed by atoms with van der Waals surface area (Å²) < 4.78 is 11.0. The lowest BCUT2D eigenvalue weighted by atomic mass is 10.2. The van der Waals surface area contributed by atoms with Crippen molar-refractivity contribution in [2.45, 2.75) is 0 Å². The third-order valence-corrected chi connectivity index (χ3v) is 4.62. The fraction of sp³-hybridized carbons (Fsp3) is 0.250. The molecule has 128 valence electrons. The summed E-state index contributed by atoms with van der Waals surface area (Å²) in [5.41, 5.74) is 1.87. The quantitative estimate of drug-likeness (QED) is 0.735. The third-order valence-electron chi connectivity index (χ3n) is 4.62. The van der Waals surface area contributed by atoms with Gasteiger partial charge >= 0.3 is 0 Å². The van der Waals surface area contributed by atoms with Crippen molar-refractivity contribution in [1.29, 1.82) is 0 Å². The van der Waals surface area contributed by atoms with Crippen molar-refractivity contribution in [3.05, 3.63) is 60.4 Å². The first kappa shape index (κ1) is 15.6. The molecule has 0 aliphatic carbocycles. The maximum absolute atomic E-state index is 12.7. The highest BCUT2D eigenvalue weighted by Gasteiger charge is 2.24. The molecule has 1 aliphatic heterocycles. The molecule has 0 N–H and O–H groups in total. The average Bonchev–Trinajstić information content (AvgIpc) is 3.12. The van der Waals surface area contributed by atoms with Crippen LogP contribution in [0.2, 0.25) is 0 Å². The largest absolute Gasteiger partial charge is 0.497 e. The lowest BCUT2D eigenvalue weighted by Gasteiger charge is -2.35. The summed E-state index contributed by atoms with van der Waals surface area (Å²) >= 11 is 0. The Morgan fingerprint density at radius 3 is 2.56 bits per heavy atom. The van der Waals surface area contributed by atoms with Crippen LogP contribution in [0.3, 0.4) is 0 Å². The molecular weight excluding hydrogens is 316 g/mol. The summed E-state index contributed by atoms with van der Waals surface area (Å²) in [7, 11) is 1.67. The molecule has 4 rings (SSSR count). The lowest BCUT2D eigenvalue weighted by Crippen LogP contribution is -2.48. The molecule has 2 aromatic carbocycles. The van der Waals surface area contributed by atoms with E-state index in [0.717, 1.165) is 35.5 Å². The summed E-state index contributed by atoms with van der Waals surface area (Å²) in [4.78, 5) is 16.8. The number of furan rings is 1. The SMILES string of the molecule is COc1cccc(N2CCN(C(=O)c3cc4ccccc4o3)CC2)c1. The standard InChI is InChI=1S/C20H20N2O3/c1-24-17-7-4-6-16(14-17)21-9-11-22(12-10-21)20(23)19-13-15-5-2-3-8-18(15)25-19/h2-8,13-14H,9-12H2,1H3. The van der Waals surface area contributed by atoms with Gasteiger partial charge in [-0.2, -0.15) is 0 Å². The van der Waals surface area contributed by atoms with Gasteiger partial charge in [0.25, 0.3) is 5.91 Å². The second-order valence-electron chi connectivity index (χ2n) is 6.13. The second-order valence-corrected chi connectivity index (χ2v) is 6.13. The highest BCUT2D eigenvalue weighted by molar-refractivity contribution is 5.96. The molecule has 1 saturated heterocycles. The van der Waals surface area contributed by atoms with Crippen LogP contribution in [-0.4, -0.2) is 44.1 Å². The van der Waals surface area contributed by atoms with Crippen LogP contribution in [0.25, 0.3) is 11.0 Å². The summed E-state index contributed by atoms with van der Waals surface area (Å²) in [6.45, 7) is 2.93. The highest BCUT2D eigenvalue weighted by Crippen LogP contribution is 2.24. The minimum atomic E-state index is -0.0403. The zero-order chi connectivity index (χ0) is 17.2. The molecule has 0 spiro atoms. The van der Waals surface area contributed by atoms with Crippen molar-refractivity contribution in [2.75, 3.05) is 38.2 Å². The number of carbonyl (C=O) groups is 1. The van der Waals surface area contributed by atoms with E-state index in [1.165, 1.54) is 0 Å². The number of rotatable bonds is 3. The van der Waals surface area contributed by atoms with Gasteiger partial charge in [0.1, 0.15) is 11.3 Å². The number of nitrogens with zero attached hydrogens (tertiary/aromatic N) is 2. The molecule has 1 aliphatic rings. The molecule has 5 nitrogen and oxygen atoms in total. The maximum Gasteiger partial charge on any atom is 0.289 e. The summed E-state index contributed by atoms with van der Waals surface area (Å²) in [6, 6.07) is 17.5. The van der Waals surface area contributed by atoms with E-state index >= 15 is 0 Å². The molecular formula is C20H20N2O3. The zero-order valence-electron chi connectivity index (χ0n) is 14.1. The minimum Gasteiger partial charge on any atom is -0.497 e. The van der Waals surface area contributed by atoms with E-state index in [9.17, 15) is 4.79 Å². The minimum absolute atomic E-state index is 0.0403. The molecule has 0 unspecified atom stereocenters. The van der Waals surface area contributed by atoms with Crippen molar-refractivity contribution in [2.24, 2.45) is 0 Å². The van der Waals surface area contributed by atoms with Gasteiger partial charge in [0.2, 0.25) is 0 Å². The molecule has 5 heteroatoms. The molecule has 1 fully saturated rings. The summed E-state index contributed by atoms with van der Waals surface area (Å²) in [5.74, 6) is 1.22. The number of para-hydroxylation sites is 1. The second kappa shape index (κ2) is 6.51. The Bertz CT molecular complexity index is 862. The number of methoxy groups -OCH3 is 1. The Kier molecular flexibility index (Phi) is 4.06. The number of amides is 1. The van der Waals surface area contributed by atoms with Crippen LogP contribution in [0, 0.1) is 0 Å². The number of piperazine rings is 1. The maximum atomic E-state index is 12.7. The first-order chi connectivity index (χ1) is 12.2. The fourth-order valence-electron chi connectivity index (χ4n) is 3.22. The van der Waals surface area contributed by atoms with Gasteiger partial charge in [-0.15, -0.1) is 0 Å². The van der Waals surface area contributed by atoms with E-state index < -0.39 is 0 Å². The van der Waals surface area contributed by atoms with E-state index in [4.69, 9.17) is 9.15 Å². The first-order valence-electron chi connectivity index (χ1n) is 8.41. The van der Waals surface area contributed by atoms with E-state index in [1.807, 2.05) is 53.4 Å². The third kappa shape index (κ3) is 3.05. The van der Waals surface area contributed by atoms with E-state index in [2.05, 4.69) is 11.0 Å². The predicted molar refractivity (Wildman–Crippen MR) is 97.3 cm³/mol. The first-order valence-corrected chi connectivity index (χ1v) is 8.41. The number of hydrogen-bond acceptors (Lipinski definition) is 4. The molecule has 1 amide bonds. The van der Waals surface area contributed by atoms with Crippen molar-refractivity contribution in [1.82, 2.24) is 4.90 Å². The van der Waals surface area contributed by atoms with Crippen molar-refractivity contribution < 1.29 is 13.9 Å². The predicted octanol–water partition coefficient (Wildman–Crippen LogP) is 3.40. The normalized spacial score (nSPS) is 14.8. The molecule has 25 heavy (non-hydrogen) atoms. The van der Waals surface area contributed by atoms with Crippen LogP contribution in [0.15, 0.2) is 59.0 Å². The van der Waals surface area contributed by atoms with Gasteiger partial charge < -0.3 is 19.0 Å². The monoisotopic (exact) mass is 336 g/mol. The van der Waals surface area contributed by atoms with Crippen LogP contribution >= 0.6 is 0 Å². The van der Waals surface area contributed by atoms with E-state index in [1.54, 1.807) is 7.11 Å². The van der Waals surface area contributed by atoms with Crippen molar-refractivity contribution in [3.63, 3.8) is 0 Å². The molecule has 3 aromatic rings. The molecule has 0 radical (unpaired) electrons. The van der Waals surface area contributed by atoms with Gasteiger partial charge in [-0.1, -0.05) is 24.3 Å². The Labute approximate surface area is 146 Å². The molecule has 1 aromatic heterocycles. The van der Waals surface area contributed by atoms with Gasteiger partial charge in [0.05, 0.1) is 7.11 Å². The molecule has 0 saturated carbocycles. The van der Waals surface area contributed by atoms with Crippen LogP contribution in [0.4, 0.5) is 5.69 Å².